The molecule has 2 aromatic heterocycles. The molecule has 10 nitrogen and oxygen atoms in total. The molecule has 38 heavy (non-hydrogen) atoms. The molecule has 0 spiro atoms. The molecule has 10 heteroatoms. The predicted octanol–water partition coefficient (Wildman–Crippen LogP) is 4.54. The molecule has 0 aliphatic carbocycles. The SMILES string of the molecule is CCCCCCCCCCCCCCCCCC(=O)O[C@H]1[C@@H](O)[C@H](n2ncc3c(=O)[nH]cnc32)O[C@@H]1CO. The van der Waals surface area contributed by atoms with Gasteiger partial charge in [-0.2, -0.15) is 5.10 Å². The van der Waals surface area contributed by atoms with E-state index in [0.29, 0.717) is 0 Å². The molecule has 0 aromatic carbocycles. The van der Waals surface area contributed by atoms with Crippen LogP contribution in [0.25, 0.3) is 11.0 Å². The smallest absolute Gasteiger partial charge is 0.306 e. The molecule has 0 saturated carbocycles. The normalized spacial score (nSPS) is 21.3. The van der Waals surface area contributed by atoms with Crippen LogP contribution >= 0.6 is 0 Å². The second-order valence-corrected chi connectivity index (χ2v) is 10.5. The van der Waals surface area contributed by atoms with Crippen molar-refractivity contribution in [1.29, 1.82) is 0 Å². The van der Waals surface area contributed by atoms with Crippen LogP contribution in [0.3, 0.4) is 0 Å². The van der Waals surface area contributed by atoms with E-state index in [4.69, 9.17) is 9.47 Å². The number of nitrogens with one attached hydrogen (secondary N) is 1. The molecule has 0 bridgehead atoms. The number of aromatic nitrogens is 4. The van der Waals surface area contributed by atoms with Crippen LogP contribution in [0.1, 0.15) is 116 Å². The summed E-state index contributed by atoms with van der Waals surface area (Å²) in [6, 6.07) is 0. The zero-order valence-electron chi connectivity index (χ0n) is 22.9. The average Bonchev–Trinajstić information content (AvgIpc) is 3.48. The predicted molar refractivity (Wildman–Crippen MR) is 145 cm³/mol. The van der Waals surface area contributed by atoms with Crippen LogP contribution in [0, 0.1) is 0 Å². The van der Waals surface area contributed by atoms with E-state index in [1.54, 1.807) is 0 Å². The molecule has 1 aliphatic rings. The molecule has 4 atom stereocenters. The monoisotopic (exact) mass is 534 g/mol. The number of carbonyl (C=O) groups excluding carboxylic acids is 1. The fraction of sp³-hybridized carbons (Fsp3) is 0.786. The Hall–Kier alpha value is -2.30. The van der Waals surface area contributed by atoms with Crippen molar-refractivity contribution in [2.45, 2.75) is 134 Å². The number of aromatic amines is 1. The highest BCUT2D eigenvalue weighted by Crippen LogP contribution is 2.32. The van der Waals surface area contributed by atoms with Crippen LogP contribution in [0.2, 0.25) is 0 Å². The summed E-state index contributed by atoms with van der Waals surface area (Å²) in [4.78, 5) is 30.9. The largest absolute Gasteiger partial charge is 0.457 e. The first-order chi connectivity index (χ1) is 18.6. The zero-order chi connectivity index (χ0) is 27.2. The highest BCUT2D eigenvalue weighted by atomic mass is 16.6. The van der Waals surface area contributed by atoms with Crippen molar-refractivity contribution in [2.24, 2.45) is 0 Å². The van der Waals surface area contributed by atoms with Crippen LogP contribution in [-0.2, 0) is 14.3 Å². The summed E-state index contributed by atoms with van der Waals surface area (Å²) in [6.07, 6.45) is 17.4. The van der Waals surface area contributed by atoms with Gasteiger partial charge < -0.3 is 24.7 Å². The summed E-state index contributed by atoms with van der Waals surface area (Å²) in [5.41, 5.74) is -0.127. The van der Waals surface area contributed by atoms with Crippen molar-refractivity contribution in [3.63, 3.8) is 0 Å². The van der Waals surface area contributed by atoms with Gasteiger partial charge in [0.1, 0.15) is 17.6 Å². The van der Waals surface area contributed by atoms with E-state index < -0.39 is 37.1 Å². The van der Waals surface area contributed by atoms with Crippen LogP contribution < -0.4 is 5.56 Å². The first-order valence-electron chi connectivity index (χ1n) is 14.6. The quantitative estimate of drug-likeness (QED) is 0.176. The van der Waals surface area contributed by atoms with E-state index in [2.05, 4.69) is 22.0 Å². The summed E-state index contributed by atoms with van der Waals surface area (Å²) in [6.45, 7) is 1.82. The van der Waals surface area contributed by atoms with Gasteiger partial charge in [-0.25, -0.2) is 9.67 Å². The zero-order valence-corrected chi connectivity index (χ0v) is 22.9. The van der Waals surface area contributed by atoms with E-state index in [-0.39, 0.29) is 23.0 Å². The number of unbranched alkanes of at least 4 members (excludes halogenated alkanes) is 14. The Balaban J connectivity index is 1.27. The number of hydrogen-bond donors (Lipinski definition) is 3. The summed E-state index contributed by atoms with van der Waals surface area (Å²) in [7, 11) is 0. The molecule has 3 rings (SSSR count). The van der Waals surface area contributed by atoms with Crippen LogP contribution in [0.15, 0.2) is 17.3 Å². The number of rotatable bonds is 19. The lowest BCUT2D eigenvalue weighted by Crippen LogP contribution is -2.38. The first kappa shape index (κ1) is 30.2. The van der Waals surface area contributed by atoms with Crippen LogP contribution in [0.4, 0.5) is 0 Å². The number of fused-ring (bicyclic) bond motifs is 1. The van der Waals surface area contributed by atoms with Gasteiger partial charge in [-0.15, -0.1) is 0 Å². The van der Waals surface area contributed by atoms with Gasteiger partial charge in [0.25, 0.3) is 5.56 Å². The van der Waals surface area contributed by atoms with E-state index >= 15 is 0 Å². The minimum absolute atomic E-state index is 0.235. The first-order valence-corrected chi connectivity index (χ1v) is 14.6. The van der Waals surface area contributed by atoms with E-state index in [9.17, 15) is 19.8 Å². The lowest BCUT2D eigenvalue weighted by molar-refractivity contribution is -0.156. The molecule has 1 fully saturated rings. The maximum atomic E-state index is 12.4. The fourth-order valence-electron chi connectivity index (χ4n) is 5.13. The van der Waals surface area contributed by atoms with Gasteiger partial charge in [-0.1, -0.05) is 96.8 Å². The Labute approximate surface area is 225 Å². The Bertz CT molecular complexity index is 1010. The topological polar surface area (TPSA) is 140 Å². The number of aliphatic hydroxyl groups is 2. The number of esters is 1. The molecule has 3 heterocycles. The molecular weight excluding hydrogens is 488 g/mol. The highest BCUT2D eigenvalue weighted by Gasteiger charge is 2.47. The van der Waals surface area contributed by atoms with Crippen molar-refractivity contribution in [1.82, 2.24) is 19.7 Å². The maximum absolute atomic E-state index is 12.4. The molecule has 214 valence electrons. The van der Waals surface area contributed by atoms with Crippen molar-refractivity contribution in [3.05, 3.63) is 22.9 Å². The maximum Gasteiger partial charge on any atom is 0.306 e. The minimum Gasteiger partial charge on any atom is -0.457 e. The third-order valence-corrected chi connectivity index (χ3v) is 7.38. The Morgan fingerprint density at radius 2 is 1.58 bits per heavy atom. The number of ether oxygens (including phenoxy) is 2. The molecule has 1 saturated heterocycles. The number of aliphatic hydroxyl groups excluding tert-OH is 2. The fourth-order valence-corrected chi connectivity index (χ4v) is 5.13. The third-order valence-electron chi connectivity index (χ3n) is 7.38. The van der Waals surface area contributed by atoms with Crippen LogP contribution in [-0.4, -0.2) is 60.8 Å². The summed E-state index contributed by atoms with van der Waals surface area (Å²) in [5.74, 6) is -0.425. The molecule has 1 aliphatic heterocycles. The Morgan fingerprint density at radius 1 is 1.00 bits per heavy atom. The third kappa shape index (κ3) is 8.88. The molecule has 2 aromatic rings. The van der Waals surface area contributed by atoms with Gasteiger partial charge in [0.05, 0.1) is 19.1 Å². The van der Waals surface area contributed by atoms with Gasteiger partial charge >= 0.3 is 5.97 Å². The van der Waals surface area contributed by atoms with Crippen molar-refractivity contribution < 1.29 is 24.5 Å². The van der Waals surface area contributed by atoms with Gasteiger partial charge in [0, 0.05) is 6.42 Å². The number of carbonyl (C=O) groups is 1. The molecule has 0 unspecified atom stereocenters. The van der Waals surface area contributed by atoms with E-state index in [1.807, 2.05) is 0 Å². The summed E-state index contributed by atoms with van der Waals surface area (Å²) < 4.78 is 12.5. The second kappa shape index (κ2) is 16.6. The van der Waals surface area contributed by atoms with E-state index in [1.165, 1.54) is 94.3 Å². The van der Waals surface area contributed by atoms with Crippen molar-refractivity contribution in [3.8, 4) is 0 Å². The van der Waals surface area contributed by atoms with Crippen LogP contribution in [0.5, 0.6) is 0 Å². The van der Waals surface area contributed by atoms with Gasteiger partial charge in [0.2, 0.25) is 0 Å². The number of H-pyrrole nitrogens is 1. The standard InChI is InChI=1S/C28H46N4O6/c1-2-3-4-5-6-7-8-9-10-11-12-13-14-15-16-17-23(34)38-25-22(19-33)37-28(24(25)35)32-26-21(18-31-32)27(36)30-20-29-26/h18,20,22,24-25,28,33,35H,2-17,19H2,1H3,(H,29,30,36)/t22-,24-,25-,28-/m1/s1. The molecule has 0 radical (unpaired) electrons. The summed E-state index contributed by atoms with van der Waals surface area (Å²) in [5, 5.41) is 24.9. The molecule has 0 amide bonds. The van der Waals surface area contributed by atoms with Crippen molar-refractivity contribution in [2.75, 3.05) is 6.61 Å². The van der Waals surface area contributed by atoms with Gasteiger partial charge in [-0.3, -0.25) is 9.59 Å². The number of hydrogen-bond acceptors (Lipinski definition) is 8. The number of nitrogens with zero attached hydrogens (tertiary/aromatic N) is 3. The average molecular weight is 535 g/mol. The van der Waals surface area contributed by atoms with Gasteiger partial charge in [-0.05, 0) is 6.42 Å². The Morgan fingerprint density at radius 3 is 2.16 bits per heavy atom. The lowest BCUT2D eigenvalue weighted by Gasteiger charge is -2.19. The van der Waals surface area contributed by atoms with E-state index in [0.717, 1.165) is 19.3 Å². The molecular formula is C28H46N4O6. The summed E-state index contributed by atoms with van der Waals surface area (Å²) >= 11 is 0. The lowest BCUT2D eigenvalue weighted by atomic mass is 10.0. The van der Waals surface area contributed by atoms with Crippen molar-refractivity contribution >= 4 is 17.0 Å². The van der Waals surface area contributed by atoms with Gasteiger partial charge in [0.15, 0.2) is 18.0 Å². The highest BCUT2D eigenvalue weighted by molar-refractivity contribution is 5.72. The minimum atomic E-state index is -1.26. The molecule has 3 N–H and O–H groups in total. The Kier molecular flexibility index (Phi) is 13.2. The second-order valence-electron chi connectivity index (χ2n) is 10.5.